The zero-order chi connectivity index (χ0) is 22.1. The molecule has 1 atom stereocenters. The molecule has 0 radical (unpaired) electrons. The van der Waals surface area contributed by atoms with Gasteiger partial charge in [0.2, 0.25) is 0 Å². The molecule has 8 nitrogen and oxygen atoms in total. The second-order valence-corrected chi connectivity index (χ2v) is 9.85. The topological polar surface area (TPSA) is 99.9 Å². The number of nitrogens with one attached hydrogen (secondary N) is 1. The molecule has 0 saturated carbocycles. The number of nitrogens with zero attached hydrogens (tertiary/aromatic N) is 5. The van der Waals surface area contributed by atoms with Gasteiger partial charge in [-0.15, -0.1) is 20.4 Å². The van der Waals surface area contributed by atoms with Gasteiger partial charge in [-0.25, -0.2) is 0 Å². The van der Waals surface area contributed by atoms with Crippen molar-refractivity contribution in [2.24, 2.45) is 16.1 Å². The predicted molar refractivity (Wildman–Crippen MR) is 109 cm³/mol. The molecule has 1 aliphatic heterocycles. The van der Waals surface area contributed by atoms with Crippen molar-refractivity contribution in [1.29, 1.82) is 0 Å². The van der Waals surface area contributed by atoms with Gasteiger partial charge in [0, 0.05) is 23.8 Å². The normalized spacial score (nSPS) is 17.6. The van der Waals surface area contributed by atoms with Crippen molar-refractivity contribution in [3.63, 3.8) is 0 Å². The fraction of sp³-hybridized carbons (Fsp3) is 0.529. The van der Waals surface area contributed by atoms with Crippen LogP contribution in [0.15, 0.2) is 27.9 Å². The lowest BCUT2D eigenvalue weighted by atomic mass is 9.93. The summed E-state index contributed by atoms with van der Waals surface area (Å²) in [5.41, 5.74) is -3.09. The minimum Gasteiger partial charge on any atom is -0.368 e. The Morgan fingerprint density at radius 3 is 2.67 bits per heavy atom. The highest BCUT2D eigenvalue weighted by Crippen LogP contribution is 2.43. The maximum Gasteiger partial charge on any atom is 0.516 e. The number of aromatic nitrogens is 2. The Hall–Kier alpha value is -2.28. The summed E-state index contributed by atoms with van der Waals surface area (Å²) < 4.78 is 64.7. The molecule has 2 heterocycles. The SMILES string of the molecule is CC(C)CN1c2ccc(N=Nc3nncs3)c(NS(=O)(=O)C(F)(F)F)c2CCC1C. The highest BCUT2D eigenvalue weighted by Gasteiger charge is 2.47. The number of alkyl halides is 3. The third-order valence-corrected chi connectivity index (χ3v) is 6.27. The van der Waals surface area contributed by atoms with Crippen molar-refractivity contribution < 1.29 is 21.6 Å². The van der Waals surface area contributed by atoms with Crippen molar-refractivity contribution in [3.8, 4) is 0 Å². The van der Waals surface area contributed by atoms with E-state index in [2.05, 4.69) is 25.3 Å². The predicted octanol–water partition coefficient (Wildman–Crippen LogP) is 5.01. The Balaban J connectivity index is 2.12. The lowest BCUT2D eigenvalue weighted by molar-refractivity contribution is -0.0429. The first-order valence-corrected chi connectivity index (χ1v) is 11.6. The van der Waals surface area contributed by atoms with Crippen LogP contribution in [-0.4, -0.2) is 36.7 Å². The molecule has 1 unspecified atom stereocenters. The standard InChI is InChI=1S/C17H21F3N6O2S2/c1-10(2)8-26-11(3)4-5-12-14(26)7-6-13(22-24-16-23-21-9-29-16)15(12)25-30(27,28)17(18,19)20/h6-7,9-11,25H,4-5,8H2,1-3H3. The highest BCUT2D eigenvalue weighted by molar-refractivity contribution is 7.93. The van der Waals surface area contributed by atoms with Crippen LogP contribution in [-0.2, 0) is 16.4 Å². The third kappa shape index (κ3) is 4.72. The van der Waals surface area contributed by atoms with Gasteiger partial charge in [-0.05, 0) is 37.8 Å². The Bertz CT molecular complexity index is 1020. The van der Waals surface area contributed by atoms with E-state index in [0.29, 0.717) is 36.6 Å². The van der Waals surface area contributed by atoms with Gasteiger partial charge in [0.05, 0.1) is 5.69 Å². The van der Waals surface area contributed by atoms with Crippen molar-refractivity contribution in [2.45, 2.75) is 45.2 Å². The highest BCUT2D eigenvalue weighted by atomic mass is 32.2. The molecule has 2 aromatic rings. The molecule has 30 heavy (non-hydrogen) atoms. The van der Waals surface area contributed by atoms with Crippen LogP contribution in [0.1, 0.15) is 32.8 Å². The molecular weight excluding hydrogens is 441 g/mol. The van der Waals surface area contributed by atoms with Crippen LogP contribution in [0.5, 0.6) is 0 Å². The molecule has 1 aromatic heterocycles. The smallest absolute Gasteiger partial charge is 0.368 e. The number of hydrogen-bond acceptors (Lipinski definition) is 8. The molecule has 1 N–H and O–H groups in total. The second-order valence-electron chi connectivity index (χ2n) is 7.36. The van der Waals surface area contributed by atoms with Crippen LogP contribution < -0.4 is 9.62 Å². The lowest BCUT2D eigenvalue weighted by Gasteiger charge is -2.39. The zero-order valence-electron chi connectivity index (χ0n) is 16.5. The fourth-order valence-electron chi connectivity index (χ4n) is 3.26. The molecule has 3 rings (SSSR count). The largest absolute Gasteiger partial charge is 0.516 e. The Morgan fingerprint density at radius 1 is 1.33 bits per heavy atom. The van der Waals surface area contributed by atoms with Gasteiger partial charge >= 0.3 is 15.5 Å². The van der Waals surface area contributed by atoms with E-state index in [0.717, 1.165) is 11.3 Å². The number of rotatable bonds is 6. The van der Waals surface area contributed by atoms with E-state index >= 15 is 0 Å². The molecule has 0 fully saturated rings. The average Bonchev–Trinajstić information content (AvgIpc) is 3.15. The number of hydrogen-bond donors (Lipinski definition) is 1. The third-order valence-electron chi connectivity index (χ3n) is 4.61. The van der Waals surface area contributed by atoms with Gasteiger partial charge in [-0.1, -0.05) is 25.2 Å². The van der Waals surface area contributed by atoms with Crippen molar-refractivity contribution >= 4 is 43.6 Å². The van der Waals surface area contributed by atoms with Gasteiger partial charge in [-0.3, -0.25) is 4.72 Å². The molecule has 0 amide bonds. The number of halogens is 3. The summed E-state index contributed by atoms with van der Waals surface area (Å²) in [6, 6.07) is 3.37. The van der Waals surface area contributed by atoms with Gasteiger partial charge in [-0.2, -0.15) is 21.6 Å². The van der Waals surface area contributed by atoms with Crippen LogP contribution in [0.4, 0.5) is 35.4 Å². The van der Waals surface area contributed by atoms with E-state index in [-0.39, 0.29) is 22.5 Å². The summed E-state index contributed by atoms with van der Waals surface area (Å²) in [5, 5.41) is 15.3. The first-order valence-electron chi connectivity index (χ1n) is 9.19. The van der Waals surface area contributed by atoms with Crippen molar-refractivity contribution in [1.82, 2.24) is 10.2 Å². The molecule has 0 bridgehead atoms. The number of benzene rings is 1. The first kappa shape index (κ1) is 22.4. The lowest BCUT2D eigenvalue weighted by Crippen LogP contribution is -2.40. The van der Waals surface area contributed by atoms with E-state index in [1.807, 2.05) is 20.8 Å². The minimum absolute atomic E-state index is 0.0178. The van der Waals surface area contributed by atoms with Crippen LogP contribution in [0.2, 0.25) is 0 Å². The monoisotopic (exact) mass is 462 g/mol. The molecule has 164 valence electrons. The van der Waals surface area contributed by atoms with E-state index in [1.54, 1.807) is 10.8 Å². The summed E-state index contributed by atoms with van der Waals surface area (Å²) in [6.07, 6.45) is 1.07. The Labute approximate surface area is 176 Å². The maximum absolute atomic E-state index is 13.1. The van der Waals surface area contributed by atoms with Crippen LogP contribution in [0.3, 0.4) is 0 Å². The fourth-order valence-corrected chi connectivity index (χ4v) is 4.24. The van der Waals surface area contributed by atoms with E-state index in [4.69, 9.17) is 0 Å². The molecule has 1 aromatic carbocycles. The molecule has 0 saturated heterocycles. The molecule has 13 heteroatoms. The van der Waals surface area contributed by atoms with E-state index in [9.17, 15) is 21.6 Å². The second kappa shape index (κ2) is 8.46. The van der Waals surface area contributed by atoms with E-state index < -0.39 is 15.5 Å². The molecule has 1 aliphatic rings. The van der Waals surface area contributed by atoms with Gasteiger partial charge in [0.25, 0.3) is 5.13 Å². The van der Waals surface area contributed by atoms with Gasteiger partial charge in [0.15, 0.2) is 0 Å². The summed E-state index contributed by atoms with van der Waals surface area (Å²) in [6.45, 7) is 6.80. The quantitative estimate of drug-likeness (QED) is 0.608. The first-order chi connectivity index (χ1) is 14.0. The van der Waals surface area contributed by atoms with Gasteiger partial charge < -0.3 is 4.90 Å². The minimum atomic E-state index is -5.63. The molecule has 0 spiro atoms. The van der Waals surface area contributed by atoms with E-state index in [1.165, 1.54) is 11.6 Å². The Morgan fingerprint density at radius 2 is 2.07 bits per heavy atom. The molecule has 0 aliphatic carbocycles. The summed E-state index contributed by atoms with van der Waals surface area (Å²) in [5.74, 6) is 0.311. The Kier molecular flexibility index (Phi) is 6.32. The maximum atomic E-state index is 13.1. The van der Waals surface area contributed by atoms with Crippen molar-refractivity contribution in [3.05, 3.63) is 23.2 Å². The molecular formula is C17H21F3N6O2S2. The summed E-state index contributed by atoms with van der Waals surface area (Å²) >= 11 is 1.09. The zero-order valence-corrected chi connectivity index (χ0v) is 18.1. The summed E-state index contributed by atoms with van der Waals surface area (Å²) in [4.78, 5) is 2.08. The number of azo groups is 1. The van der Waals surface area contributed by atoms with Crippen LogP contribution >= 0.6 is 11.3 Å². The van der Waals surface area contributed by atoms with Crippen LogP contribution in [0, 0.1) is 5.92 Å². The summed E-state index contributed by atoms with van der Waals surface area (Å²) in [7, 11) is -5.63. The average molecular weight is 463 g/mol. The number of fused-ring (bicyclic) bond motifs is 1. The number of sulfonamides is 1. The van der Waals surface area contributed by atoms with Crippen molar-refractivity contribution in [2.75, 3.05) is 16.2 Å². The van der Waals surface area contributed by atoms with Gasteiger partial charge in [0.1, 0.15) is 11.2 Å². The number of anilines is 2. The van der Waals surface area contributed by atoms with Crippen LogP contribution in [0.25, 0.3) is 0 Å².